The summed E-state index contributed by atoms with van der Waals surface area (Å²) in [5.74, 6) is -2.24. The number of aliphatic carboxylic acids is 2. The summed E-state index contributed by atoms with van der Waals surface area (Å²) in [6.07, 6.45) is 37.6. The van der Waals surface area contributed by atoms with Gasteiger partial charge in [-0.3, -0.25) is 9.59 Å². The van der Waals surface area contributed by atoms with Gasteiger partial charge in [-0.1, -0.05) is 201 Å². The van der Waals surface area contributed by atoms with Gasteiger partial charge in [0.1, 0.15) is 0 Å². The van der Waals surface area contributed by atoms with Crippen LogP contribution in [0, 0.1) is 17.8 Å². The molecule has 0 heterocycles. The average Bonchev–Trinajstić information content (AvgIpc) is 3.00. The zero-order valence-corrected chi connectivity index (χ0v) is 30.1. The number of hydrogen-bond acceptors (Lipinski definition) is 2. The normalized spacial score (nSPS) is 13.6. The summed E-state index contributed by atoms with van der Waals surface area (Å²) in [6.45, 7) is 6.75. The fraction of sp³-hybridized carbons (Fsp3) is 0.950. The maximum Gasteiger partial charge on any atom is 0.306 e. The minimum atomic E-state index is -0.718. The van der Waals surface area contributed by atoms with Crippen molar-refractivity contribution < 1.29 is 19.8 Å². The second-order valence-corrected chi connectivity index (χ2v) is 14.2. The van der Waals surface area contributed by atoms with Crippen molar-refractivity contribution in [3.8, 4) is 0 Å². The van der Waals surface area contributed by atoms with Crippen LogP contribution in [0.15, 0.2) is 0 Å². The number of rotatable bonds is 36. The van der Waals surface area contributed by atoms with Crippen molar-refractivity contribution in [1.82, 2.24) is 0 Å². The molecule has 262 valence electrons. The molecule has 0 aromatic rings. The minimum Gasteiger partial charge on any atom is -0.481 e. The summed E-state index contributed by atoms with van der Waals surface area (Å²) >= 11 is 0. The molecule has 0 saturated carbocycles. The van der Waals surface area contributed by atoms with Crippen molar-refractivity contribution in [2.75, 3.05) is 0 Å². The van der Waals surface area contributed by atoms with Gasteiger partial charge in [0, 0.05) is 0 Å². The highest BCUT2D eigenvalue weighted by atomic mass is 16.4. The van der Waals surface area contributed by atoms with Gasteiger partial charge in [-0.25, -0.2) is 0 Å². The number of carboxylic acids is 2. The van der Waals surface area contributed by atoms with Crippen LogP contribution in [0.3, 0.4) is 0 Å². The topological polar surface area (TPSA) is 74.6 Å². The van der Waals surface area contributed by atoms with Crippen LogP contribution in [0.1, 0.15) is 226 Å². The Balaban J connectivity index is 4.78. The first-order valence-corrected chi connectivity index (χ1v) is 19.9. The van der Waals surface area contributed by atoms with E-state index < -0.39 is 23.8 Å². The third-order valence-electron chi connectivity index (χ3n) is 10.0. The van der Waals surface area contributed by atoms with Crippen LogP contribution in [0.25, 0.3) is 0 Å². The van der Waals surface area contributed by atoms with Crippen LogP contribution in [0.5, 0.6) is 0 Å². The Hall–Kier alpha value is -1.06. The lowest BCUT2D eigenvalue weighted by molar-refractivity contribution is -0.147. The van der Waals surface area contributed by atoms with Gasteiger partial charge in [0.2, 0.25) is 0 Å². The Morgan fingerprint density at radius 2 is 0.682 bits per heavy atom. The fourth-order valence-corrected chi connectivity index (χ4v) is 7.02. The number of carbonyl (C=O) groups is 2. The molecule has 0 aliphatic carbocycles. The SMILES string of the molecule is CCCCCCCCCCCCC(CC(CCCCCCCCCC)C(CCCCCCCCCCCC)C(=O)O)C(=O)O. The monoisotopic (exact) mass is 623 g/mol. The first-order chi connectivity index (χ1) is 21.5. The Labute approximate surface area is 275 Å². The molecule has 44 heavy (non-hydrogen) atoms. The molecular formula is C40H78O4. The average molecular weight is 623 g/mol. The molecule has 0 aromatic carbocycles. The van der Waals surface area contributed by atoms with E-state index in [-0.39, 0.29) is 5.92 Å². The first kappa shape index (κ1) is 42.9. The third kappa shape index (κ3) is 27.3. The van der Waals surface area contributed by atoms with E-state index in [1.54, 1.807) is 0 Å². The summed E-state index contributed by atoms with van der Waals surface area (Å²) in [7, 11) is 0. The highest BCUT2D eigenvalue weighted by Gasteiger charge is 2.31. The van der Waals surface area contributed by atoms with E-state index in [1.165, 1.54) is 141 Å². The molecule has 0 aliphatic rings. The molecule has 0 amide bonds. The summed E-state index contributed by atoms with van der Waals surface area (Å²) in [5.41, 5.74) is 0. The molecule has 0 aromatic heterocycles. The van der Waals surface area contributed by atoms with Crippen molar-refractivity contribution >= 4 is 11.9 Å². The largest absolute Gasteiger partial charge is 0.481 e. The Kier molecular flexibility index (Phi) is 32.5. The lowest BCUT2D eigenvalue weighted by Crippen LogP contribution is -2.28. The van der Waals surface area contributed by atoms with E-state index >= 15 is 0 Å². The van der Waals surface area contributed by atoms with Crippen molar-refractivity contribution in [2.45, 2.75) is 226 Å². The zero-order chi connectivity index (χ0) is 32.5. The molecule has 0 saturated heterocycles. The van der Waals surface area contributed by atoms with Gasteiger partial charge < -0.3 is 10.2 Å². The van der Waals surface area contributed by atoms with E-state index in [0.717, 1.165) is 44.9 Å². The first-order valence-electron chi connectivity index (χ1n) is 19.9. The summed E-state index contributed by atoms with van der Waals surface area (Å²) in [6, 6.07) is 0. The molecular weight excluding hydrogens is 544 g/mol. The molecule has 0 rings (SSSR count). The molecule has 2 N–H and O–H groups in total. The van der Waals surface area contributed by atoms with E-state index in [9.17, 15) is 19.8 Å². The lowest BCUT2D eigenvalue weighted by atomic mass is 9.77. The van der Waals surface area contributed by atoms with Gasteiger partial charge in [0.25, 0.3) is 0 Å². The standard InChI is InChI=1S/C40H78O4/c1-4-7-10-13-16-19-21-24-27-30-33-37(39(41)42)35-36(32-29-26-23-18-15-12-9-6-3)38(40(43)44)34-31-28-25-22-20-17-14-11-8-5-2/h36-38H,4-35H2,1-3H3,(H,41,42)(H,43,44). The van der Waals surface area contributed by atoms with E-state index in [1.807, 2.05) is 0 Å². The fourth-order valence-electron chi connectivity index (χ4n) is 7.02. The van der Waals surface area contributed by atoms with E-state index in [4.69, 9.17) is 0 Å². The van der Waals surface area contributed by atoms with Gasteiger partial charge in [0.05, 0.1) is 11.8 Å². The molecule has 0 fully saturated rings. The molecule has 4 heteroatoms. The van der Waals surface area contributed by atoms with Crippen molar-refractivity contribution in [1.29, 1.82) is 0 Å². The third-order valence-corrected chi connectivity index (χ3v) is 10.0. The number of hydrogen-bond donors (Lipinski definition) is 2. The highest BCUT2D eigenvalue weighted by Crippen LogP contribution is 2.33. The lowest BCUT2D eigenvalue weighted by Gasteiger charge is -2.27. The van der Waals surface area contributed by atoms with Crippen LogP contribution in [0.4, 0.5) is 0 Å². The maximum absolute atomic E-state index is 12.5. The van der Waals surface area contributed by atoms with Crippen LogP contribution in [0.2, 0.25) is 0 Å². The van der Waals surface area contributed by atoms with Crippen molar-refractivity contribution in [2.24, 2.45) is 17.8 Å². The zero-order valence-electron chi connectivity index (χ0n) is 30.1. The predicted molar refractivity (Wildman–Crippen MR) is 191 cm³/mol. The van der Waals surface area contributed by atoms with Crippen LogP contribution >= 0.6 is 0 Å². The van der Waals surface area contributed by atoms with Crippen LogP contribution < -0.4 is 0 Å². The Bertz CT molecular complexity index is 618. The van der Waals surface area contributed by atoms with Gasteiger partial charge in [-0.2, -0.15) is 0 Å². The smallest absolute Gasteiger partial charge is 0.306 e. The Morgan fingerprint density at radius 3 is 1.00 bits per heavy atom. The van der Waals surface area contributed by atoms with Crippen LogP contribution in [-0.4, -0.2) is 22.2 Å². The van der Waals surface area contributed by atoms with Gasteiger partial charge in [0.15, 0.2) is 0 Å². The molecule has 0 aliphatic heterocycles. The number of carboxylic acid groups (broad SMARTS) is 2. The Morgan fingerprint density at radius 1 is 0.386 bits per heavy atom. The van der Waals surface area contributed by atoms with E-state index in [0.29, 0.717) is 19.3 Å². The molecule has 4 nitrogen and oxygen atoms in total. The summed E-state index contributed by atoms with van der Waals surface area (Å²) in [5, 5.41) is 20.4. The minimum absolute atomic E-state index is 0.0182. The molecule has 0 bridgehead atoms. The molecule has 3 atom stereocenters. The number of unbranched alkanes of at least 4 members (excludes halogenated alkanes) is 25. The molecule has 3 unspecified atom stereocenters. The second kappa shape index (κ2) is 33.3. The van der Waals surface area contributed by atoms with Gasteiger partial charge in [-0.05, 0) is 31.6 Å². The molecule has 0 radical (unpaired) electrons. The molecule has 0 spiro atoms. The summed E-state index contributed by atoms with van der Waals surface area (Å²) < 4.78 is 0. The second-order valence-electron chi connectivity index (χ2n) is 14.2. The maximum atomic E-state index is 12.5. The van der Waals surface area contributed by atoms with Gasteiger partial charge in [-0.15, -0.1) is 0 Å². The van der Waals surface area contributed by atoms with Crippen LogP contribution in [-0.2, 0) is 9.59 Å². The quantitative estimate of drug-likeness (QED) is 0.0682. The predicted octanol–water partition coefficient (Wildman–Crippen LogP) is 13.5. The van der Waals surface area contributed by atoms with Crippen molar-refractivity contribution in [3.63, 3.8) is 0 Å². The highest BCUT2D eigenvalue weighted by molar-refractivity contribution is 5.71. The summed E-state index contributed by atoms with van der Waals surface area (Å²) in [4.78, 5) is 24.8. The van der Waals surface area contributed by atoms with E-state index in [2.05, 4.69) is 20.8 Å². The van der Waals surface area contributed by atoms with Crippen molar-refractivity contribution in [3.05, 3.63) is 0 Å². The van der Waals surface area contributed by atoms with Gasteiger partial charge >= 0.3 is 11.9 Å².